The molecule has 1 N–H and O–H groups in total. The van der Waals surface area contributed by atoms with Crippen LogP contribution in [-0.2, 0) is 0 Å². The SMILES string of the molecule is CCNc1ncnc(Sc2nnc(C)o2)c1C(C)C. The van der Waals surface area contributed by atoms with Crippen molar-refractivity contribution in [2.24, 2.45) is 0 Å². The van der Waals surface area contributed by atoms with E-state index in [4.69, 9.17) is 4.42 Å². The van der Waals surface area contributed by atoms with E-state index in [9.17, 15) is 0 Å². The normalized spacial score (nSPS) is 11.0. The summed E-state index contributed by atoms with van der Waals surface area (Å²) >= 11 is 1.37. The number of aryl methyl sites for hydroxylation is 1. The second-order valence-electron chi connectivity index (χ2n) is 4.32. The molecule has 0 saturated carbocycles. The Morgan fingerprint density at radius 1 is 1.32 bits per heavy atom. The number of hydrogen-bond acceptors (Lipinski definition) is 7. The second kappa shape index (κ2) is 6.01. The fourth-order valence-corrected chi connectivity index (χ4v) is 2.64. The van der Waals surface area contributed by atoms with E-state index < -0.39 is 0 Å². The Morgan fingerprint density at radius 3 is 2.68 bits per heavy atom. The Kier molecular flexibility index (Phi) is 4.36. The highest BCUT2D eigenvalue weighted by Gasteiger charge is 2.17. The summed E-state index contributed by atoms with van der Waals surface area (Å²) < 4.78 is 5.38. The molecule has 0 bridgehead atoms. The van der Waals surface area contributed by atoms with Gasteiger partial charge in [0.05, 0.1) is 0 Å². The van der Waals surface area contributed by atoms with Gasteiger partial charge in [-0.2, -0.15) is 0 Å². The number of hydrogen-bond donors (Lipinski definition) is 1. The maximum absolute atomic E-state index is 5.38. The molecule has 0 amide bonds. The minimum Gasteiger partial charge on any atom is -0.416 e. The third kappa shape index (κ3) is 3.23. The molecule has 0 spiro atoms. The van der Waals surface area contributed by atoms with Gasteiger partial charge in [-0.15, -0.1) is 10.2 Å². The molecule has 0 aliphatic rings. The van der Waals surface area contributed by atoms with E-state index in [0.29, 0.717) is 17.0 Å². The minimum absolute atomic E-state index is 0.307. The summed E-state index contributed by atoms with van der Waals surface area (Å²) in [5.41, 5.74) is 1.07. The van der Waals surface area contributed by atoms with Gasteiger partial charge in [-0.25, -0.2) is 9.97 Å². The topological polar surface area (TPSA) is 76.7 Å². The molecule has 0 fully saturated rings. The van der Waals surface area contributed by atoms with Crippen molar-refractivity contribution in [3.8, 4) is 0 Å². The molecule has 2 aromatic heterocycles. The molecule has 0 unspecified atom stereocenters. The van der Waals surface area contributed by atoms with Gasteiger partial charge < -0.3 is 9.73 Å². The summed E-state index contributed by atoms with van der Waals surface area (Å²) in [4.78, 5) is 8.63. The highest BCUT2D eigenvalue weighted by molar-refractivity contribution is 7.99. The number of anilines is 1. The zero-order chi connectivity index (χ0) is 13.8. The molecular weight excluding hydrogens is 262 g/mol. The molecule has 0 aromatic carbocycles. The van der Waals surface area contributed by atoms with Gasteiger partial charge in [0.15, 0.2) is 0 Å². The van der Waals surface area contributed by atoms with Crippen LogP contribution in [0, 0.1) is 6.92 Å². The zero-order valence-electron chi connectivity index (χ0n) is 11.5. The lowest BCUT2D eigenvalue weighted by atomic mass is 10.1. The van der Waals surface area contributed by atoms with Gasteiger partial charge in [0.1, 0.15) is 17.2 Å². The smallest absolute Gasteiger partial charge is 0.282 e. The Hall–Kier alpha value is -1.63. The van der Waals surface area contributed by atoms with Gasteiger partial charge in [0.25, 0.3) is 5.22 Å². The number of nitrogens with one attached hydrogen (secondary N) is 1. The van der Waals surface area contributed by atoms with Crippen LogP contribution in [0.1, 0.15) is 38.1 Å². The molecule has 0 aliphatic carbocycles. The van der Waals surface area contributed by atoms with Crippen LogP contribution in [0.3, 0.4) is 0 Å². The summed E-state index contributed by atoms with van der Waals surface area (Å²) in [5.74, 6) is 1.72. The van der Waals surface area contributed by atoms with Gasteiger partial charge in [0, 0.05) is 19.0 Å². The molecule has 19 heavy (non-hydrogen) atoms. The van der Waals surface area contributed by atoms with Gasteiger partial charge in [0.2, 0.25) is 5.89 Å². The second-order valence-corrected chi connectivity index (χ2v) is 5.26. The van der Waals surface area contributed by atoms with Crippen molar-refractivity contribution in [1.82, 2.24) is 20.2 Å². The maximum Gasteiger partial charge on any atom is 0.282 e. The van der Waals surface area contributed by atoms with Crippen molar-refractivity contribution >= 4 is 17.6 Å². The van der Waals surface area contributed by atoms with E-state index in [1.807, 2.05) is 6.92 Å². The van der Waals surface area contributed by atoms with Crippen molar-refractivity contribution < 1.29 is 4.42 Å². The zero-order valence-corrected chi connectivity index (χ0v) is 12.3. The highest BCUT2D eigenvalue weighted by atomic mass is 32.2. The van der Waals surface area contributed by atoms with Crippen molar-refractivity contribution in [3.63, 3.8) is 0 Å². The minimum atomic E-state index is 0.307. The highest BCUT2D eigenvalue weighted by Crippen LogP contribution is 2.34. The summed E-state index contributed by atoms with van der Waals surface area (Å²) in [7, 11) is 0. The largest absolute Gasteiger partial charge is 0.416 e. The van der Waals surface area contributed by atoms with E-state index >= 15 is 0 Å². The predicted octanol–water partition coefficient (Wildman–Crippen LogP) is 2.87. The summed E-state index contributed by atoms with van der Waals surface area (Å²) in [6.07, 6.45) is 1.55. The fraction of sp³-hybridized carbons (Fsp3) is 0.500. The van der Waals surface area contributed by atoms with Crippen molar-refractivity contribution in [2.45, 2.75) is 43.9 Å². The Labute approximate surface area is 116 Å². The van der Waals surface area contributed by atoms with Crippen LogP contribution in [0.4, 0.5) is 5.82 Å². The lowest BCUT2D eigenvalue weighted by Crippen LogP contribution is -2.07. The van der Waals surface area contributed by atoms with Crippen molar-refractivity contribution in [2.75, 3.05) is 11.9 Å². The first-order valence-corrected chi connectivity index (χ1v) is 7.00. The van der Waals surface area contributed by atoms with E-state index in [2.05, 4.69) is 39.3 Å². The van der Waals surface area contributed by atoms with Crippen molar-refractivity contribution in [3.05, 3.63) is 17.8 Å². The third-order valence-electron chi connectivity index (χ3n) is 2.46. The van der Waals surface area contributed by atoms with Crippen LogP contribution in [0.25, 0.3) is 0 Å². The summed E-state index contributed by atoms with van der Waals surface area (Å²) in [6, 6.07) is 0. The Bertz CT molecular complexity index is 555. The predicted molar refractivity (Wildman–Crippen MR) is 73.4 cm³/mol. The summed E-state index contributed by atoms with van der Waals surface area (Å²) in [5, 5.41) is 12.4. The standard InChI is InChI=1S/C12H17N5OS/c1-5-13-10-9(7(2)3)11(15-6-14-10)19-12-17-16-8(4)18-12/h6-7H,5H2,1-4H3,(H,13,14,15). The van der Waals surface area contributed by atoms with Crippen LogP contribution < -0.4 is 5.32 Å². The molecular formula is C12H17N5OS. The average molecular weight is 279 g/mol. The van der Waals surface area contributed by atoms with Gasteiger partial charge in [-0.05, 0) is 24.6 Å². The fourth-order valence-electron chi connectivity index (χ4n) is 1.69. The lowest BCUT2D eigenvalue weighted by Gasteiger charge is -2.14. The van der Waals surface area contributed by atoms with Crippen LogP contribution in [0.15, 0.2) is 21.0 Å². The molecule has 0 atom stereocenters. The van der Waals surface area contributed by atoms with E-state index in [0.717, 1.165) is 23.0 Å². The Balaban J connectivity index is 2.35. The first-order valence-electron chi connectivity index (χ1n) is 6.18. The monoisotopic (exact) mass is 279 g/mol. The molecule has 102 valence electrons. The third-order valence-corrected chi connectivity index (χ3v) is 3.32. The van der Waals surface area contributed by atoms with Crippen LogP contribution in [0.2, 0.25) is 0 Å². The van der Waals surface area contributed by atoms with Gasteiger partial charge >= 0.3 is 0 Å². The lowest BCUT2D eigenvalue weighted by molar-refractivity contribution is 0.429. The average Bonchev–Trinajstić information content (AvgIpc) is 2.75. The van der Waals surface area contributed by atoms with Crippen LogP contribution in [0.5, 0.6) is 0 Å². The maximum atomic E-state index is 5.38. The molecule has 2 aromatic rings. The number of nitrogens with zero attached hydrogens (tertiary/aromatic N) is 4. The van der Waals surface area contributed by atoms with E-state index in [-0.39, 0.29) is 0 Å². The number of aromatic nitrogens is 4. The van der Waals surface area contributed by atoms with Crippen LogP contribution >= 0.6 is 11.8 Å². The Morgan fingerprint density at radius 2 is 2.11 bits per heavy atom. The molecule has 7 heteroatoms. The molecule has 6 nitrogen and oxygen atoms in total. The molecule has 2 rings (SSSR count). The quantitative estimate of drug-likeness (QED) is 0.843. The molecule has 2 heterocycles. The number of rotatable bonds is 5. The molecule has 0 radical (unpaired) electrons. The van der Waals surface area contributed by atoms with Crippen molar-refractivity contribution in [1.29, 1.82) is 0 Å². The van der Waals surface area contributed by atoms with Gasteiger partial charge in [-0.3, -0.25) is 0 Å². The van der Waals surface area contributed by atoms with E-state index in [1.54, 1.807) is 13.3 Å². The first-order chi connectivity index (χ1) is 9.11. The van der Waals surface area contributed by atoms with Gasteiger partial charge in [-0.1, -0.05) is 13.8 Å². The molecule has 0 aliphatic heterocycles. The summed E-state index contributed by atoms with van der Waals surface area (Å²) in [6.45, 7) is 8.86. The van der Waals surface area contributed by atoms with E-state index in [1.165, 1.54) is 11.8 Å². The first kappa shape index (κ1) is 13.8. The molecule has 0 saturated heterocycles. The van der Waals surface area contributed by atoms with Crippen LogP contribution in [-0.4, -0.2) is 26.7 Å².